The van der Waals surface area contributed by atoms with E-state index in [9.17, 15) is 0 Å². The van der Waals surface area contributed by atoms with Gasteiger partial charge in [0.05, 0.1) is 11.0 Å². The van der Waals surface area contributed by atoms with Crippen molar-refractivity contribution in [1.29, 1.82) is 0 Å². The molecule has 0 fully saturated rings. The molecule has 62 heavy (non-hydrogen) atoms. The molecule has 0 N–H and O–H groups in total. The Hall–Kier alpha value is -7.88. The van der Waals surface area contributed by atoms with E-state index in [1.807, 2.05) is 0 Å². The molecule has 0 spiro atoms. The molecule has 292 valence electrons. The highest BCUT2D eigenvalue weighted by Crippen LogP contribution is 2.49. The van der Waals surface area contributed by atoms with Gasteiger partial charge in [-0.15, -0.1) is 0 Å². The SMILES string of the molecule is CC1(C)c2ccccc2-c2ccc(-n3c4cccc(c4)c4cccc(c4)n(-c4ccc5c(c4)c4ccccc4n5-c4ccccc4)c4ccc5ccc6ccc3cc6c5c4)cc21. The van der Waals surface area contributed by atoms with Crippen LogP contribution in [0, 0.1) is 0 Å². The molecule has 12 aromatic rings. The van der Waals surface area contributed by atoms with Crippen molar-refractivity contribution in [2.24, 2.45) is 0 Å². The summed E-state index contributed by atoms with van der Waals surface area (Å²) in [4.78, 5) is 0. The van der Waals surface area contributed by atoms with Crippen molar-refractivity contribution in [3.05, 3.63) is 223 Å². The predicted molar refractivity (Wildman–Crippen MR) is 262 cm³/mol. The van der Waals surface area contributed by atoms with Crippen molar-refractivity contribution in [3.63, 3.8) is 0 Å². The standard InChI is InChI=1S/C59H41N3/c1-59(2)55-20-8-6-18-49(55)50-30-28-48(37-56(50)59)61-44-17-11-13-41(33-44)40-12-10-16-43(32-40)60(45-26-24-38-22-23-39-25-27-46(61)35-53(39)52(38)34-45)47-29-31-58-54(36-47)51-19-7-9-21-57(51)62(58)42-14-4-3-5-15-42/h3-37H,1-2H3. The third-order valence-electron chi connectivity index (χ3n) is 13.6. The highest BCUT2D eigenvalue weighted by molar-refractivity contribution is 6.12. The number of aromatic nitrogens is 3. The molecule has 13 rings (SSSR count). The molecule has 3 heteroatoms. The van der Waals surface area contributed by atoms with Crippen LogP contribution in [0.1, 0.15) is 25.0 Å². The largest absolute Gasteiger partial charge is 0.310 e. The number of nitrogens with zero attached hydrogens (tertiary/aromatic N) is 3. The zero-order valence-electron chi connectivity index (χ0n) is 34.5. The lowest BCUT2D eigenvalue weighted by Crippen LogP contribution is -2.15. The van der Waals surface area contributed by atoms with Crippen LogP contribution in [0.25, 0.3) is 104 Å². The first-order valence-electron chi connectivity index (χ1n) is 21.6. The van der Waals surface area contributed by atoms with Gasteiger partial charge in [0.2, 0.25) is 0 Å². The van der Waals surface area contributed by atoms with Gasteiger partial charge < -0.3 is 13.7 Å². The van der Waals surface area contributed by atoms with Gasteiger partial charge in [0.25, 0.3) is 0 Å². The number of benzene rings is 10. The lowest BCUT2D eigenvalue weighted by Gasteiger charge is -2.22. The monoisotopic (exact) mass is 791 g/mol. The van der Waals surface area contributed by atoms with E-state index in [1.54, 1.807) is 0 Å². The Labute approximate surface area is 359 Å². The molecule has 0 saturated heterocycles. The van der Waals surface area contributed by atoms with E-state index in [0.29, 0.717) is 0 Å². The predicted octanol–water partition coefficient (Wildman–Crippen LogP) is 15.6. The Kier molecular flexibility index (Phi) is 7.36. The van der Waals surface area contributed by atoms with E-state index in [1.165, 1.54) is 71.0 Å². The molecular formula is C59H41N3. The summed E-state index contributed by atoms with van der Waals surface area (Å²) in [6, 6.07) is 79.0. The Balaban J connectivity index is 1.13. The Morgan fingerprint density at radius 2 is 0.839 bits per heavy atom. The third-order valence-corrected chi connectivity index (χ3v) is 13.6. The van der Waals surface area contributed by atoms with E-state index in [2.05, 4.69) is 240 Å². The van der Waals surface area contributed by atoms with Gasteiger partial charge in [-0.3, -0.25) is 0 Å². The average Bonchev–Trinajstić information content (AvgIpc) is 3.77. The summed E-state index contributed by atoms with van der Waals surface area (Å²) < 4.78 is 7.27. The summed E-state index contributed by atoms with van der Waals surface area (Å²) in [5.74, 6) is 0. The Bertz CT molecular complexity index is 3890. The molecule has 0 atom stereocenters. The Morgan fingerprint density at radius 1 is 0.290 bits per heavy atom. The minimum absolute atomic E-state index is 0.113. The topological polar surface area (TPSA) is 14.8 Å². The fourth-order valence-corrected chi connectivity index (χ4v) is 10.6. The molecule has 1 aliphatic rings. The van der Waals surface area contributed by atoms with Gasteiger partial charge in [0.1, 0.15) is 0 Å². The van der Waals surface area contributed by atoms with Crippen LogP contribution >= 0.6 is 0 Å². The lowest BCUT2D eigenvalue weighted by molar-refractivity contribution is 0.660. The quantitative estimate of drug-likeness (QED) is 0.158. The van der Waals surface area contributed by atoms with Crippen LogP contribution in [-0.2, 0) is 5.41 Å². The summed E-state index contributed by atoms with van der Waals surface area (Å²) in [5.41, 5.74) is 15.6. The fourth-order valence-electron chi connectivity index (χ4n) is 10.6. The second-order valence-electron chi connectivity index (χ2n) is 17.4. The second-order valence-corrected chi connectivity index (χ2v) is 17.4. The molecule has 8 bridgehead atoms. The minimum atomic E-state index is -0.113. The first kappa shape index (κ1) is 34.9. The second kappa shape index (κ2) is 13.1. The van der Waals surface area contributed by atoms with Gasteiger partial charge in [0, 0.05) is 55.3 Å². The molecule has 10 aromatic carbocycles. The maximum atomic E-state index is 2.45. The van der Waals surface area contributed by atoms with Crippen molar-refractivity contribution in [2.75, 3.05) is 0 Å². The first-order valence-corrected chi connectivity index (χ1v) is 21.6. The molecule has 2 aromatic heterocycles. The summed E-state index contributed by atoms with van der Waals surface area (Å²) in [7, 11) is 0. The first-order chi connectivity index (χ1) is 30.5. The fraction of sp³-hybridized carbons (Fsp3) is 0.0508. The van der Waals surface area contributed by atoms with Crippen LogP contribution in [0.2, 0.25) is 0 Å². The van der Waals surface area contributed by atoms with Gasteiger partial charge in [0.15, 0.2) is 0 Å². The van der Waals surface area contributed by atoms with Gasteiger partial charge in [-0.2, -0.15) is 0 Å². The average molecular weight is 792 g/mol. The maximum absolute atomic E-state index is 2.45. The van der Waals surface area contributed by atoms with Crippen LogP contribution in [0.15, 0.2) is 212 Å². The van der Waals surface area contributed by atoms with Gasteiger partial charge in [-0.05, 0) is 152 Å². The minimum Gasteiger partial charge on any atom is -0.310 e. The zero-order valence-corrected chi connectivity index (χ0v) is 34.5. The Morgan fingerprint density at radius 3 is 1.55 bits per heavy atom. The van der Waals surface area contributed by atoms with Crippen molar-refractivity contribution in [2.45, 2.75) is 19.3 Å². The van der Waals surface area contributed by atoms with Crippen molar-refractivity contribution < 1.29 is 0 Å². The molecule has 0 saturated carbocycles. The summed E-state index contributed by atoms with van der Waals surface area (Å²) >= 11 is 0. The molecule has 1 aliphatic carbocycles. The van der Waals surface area contributed by atoms with Gasteiger partial charge in [-0.1, -0.05) is 129 Å². The van der Waals surface area contributed by atoms with Crippen LogP contribution in [0.5, 0.6) is 0 Å². The number of hydrogen-bond acceptors (Lipinski definition) is 0. The van der Waals surface area contributed by atoms with Crippen molar-refractivity contribution in [1.82, 2.24) is 13.7 Å². The summed E-state index contributed by atoms with van der Waals surface area (Å²) in [5, 5.41) is 9.66. The summed E-state index contributed by atoms with van der Waals surface area (Å²) in [6.07, 6.45) is 0. The van der Waals surface area contributed by atoms with Gasteiger partial charge >= 0.3 is 0 Å². The molecule has 0 amide bonds. The smallest absolute Gasteiger partial charge is 0.0542 e. The highest BCUT2D eigenvalue weighted by Gasteiger charge is 2.35. The van der Waals surface area contributed by atoms with Crippen LogP contribution in [0.4, 0.5) is 0 Å². The molecular weight excluding hydrogens is 751 g/mol. The van der Waals surface area contributed by atoms with Crippen molar-refractivity contribution in [3.8, 4) is 28.2 Å². The normalized spacial score (nSPS) is 13.1. The number of fused-ring (bicyclic) bond motifs is 13. The van der Waals surface area contributed by atoms with Crippen molar-refractivity contribution >= 4 is 76.2 Å². The van der Waals surface area contributed by atoms with Crippen LogP contribution in [-0.4, -0.2) is 13.7 Å². The van der Waals surface area contributed by atoms with Crippen LogP contribution < -0.4 is 0 Å². The van der Waals surface area contributed by atoms with E-state index in [0.717, 1.165) is 44.5 Å². The molecule has 0 radical (unpaired) electrons. The molecule has 0 aliphatic heterocycles. The van der Waals surface area contributed by atoms with E-state index in [-0.39, 0.29) is 5.41 Å². The highest BCUT2D eigenvalue weighted by atomic mass is 15.0. The van der Waals surface area contributed by atoms with Crippen LogP contribution in [0.3, 0.4) is 0 Å². The van der Waals surface area contributed by atoms with Gasteiger partial charge in [-0.25, -0.2) is 0 Å². The number of hydrogen-bond donors (Lipinski definition) is 0. The lowest BCUT2D eigenvalue weighted by atomic mass is 9.82. The zero-order chi connectivity index (χ0) is 41.1. The van der Waals surface area contributed by atoms with E-state index < -0.39 is 0 Å². The summed E-state index contributed by atoms with van der Waals surface area (Å²) in [6.45, 7) is 4.73. The third kappa shape index (κ3) is 5.12. The number of para-hydroxylation sites is 2. The van der Waals surface area contributed by atoms with E-state index in [4.69, 9.17) is 0 Å². The number of rotatable bonds is 3. The molecule has 3 nitrogen and oxygen atoms in total. The molecule has 0 unspecified atom stereocenters. The molecule has 2 heterocycles. The van der Waals surface area contributed by atoms with E-state index >= 15 is 0 Å². The maximum Gasteiger partial charge on any atom is 0.0542 e.